The van der Waals surface area contributed by atoms with Gasteiger partial charge in [0.1, 0.15) is 5.75 Å². The molecule has 0 radical (unpaired) electrons. The van der Waals surface area contributed by atoms with Crippen LogP contribution in [-0.2, 0) is 4.79 Å². The van der Waals surface area contributed by atoms with Gasteiger partial charge in [-0.3, -0.25) is 4.79 Å². The third-order valence-electron chi connectivity index (χ3n) is 4.00. The second-order valence-corrected chi connectivity index (χ2v) is 6.01. The summed E-state index contributed by atoms with van der Waals surface area (Å²) in [5.74, 6) is 0.595. The highest BCUT2D eigenvalue weighted by atomic mass is 35.5. The zero-order valence-electron chi connectivity index (χ0n) is 13.2. The molecule has 1 aromatic rings. The molecule has 1 saturated heterocycles. The highest BCUT2D eigenvalue weighted by molar-refractivity contribution is 6.31. The van der Waals surface area contributed by atoms with Crippen LogP contribution in [0.25, 0.3) is 0 Å². The van der Waals surface area contributed by atoms with Crippen LogP contribution in [0.15, 0.2) is 18.2 Å². The molecule has 0 bridgehead atoms. The van der Waals surface area contributed by atoms with Crippen LogP contribution in [-0.4, -0.2) is 50.6 Å². The molecule has 1 unspecified atom stereocenters. The van der Waals surface area contributed by atoms with Gasteiger partial charge < -0.3 is 20.3 Å². The number of hydrogen-bond acceptors (Lipinski definition) is 4. The van der Waals surface area contributed by atoms with Gasteiger partial charge in [0.15, 0.2) is 0 Å². The quantitative estimate of drug-likeness (QED) is 0.843. The first-order valence-corrected chi connectivity index (χ1v) is 8.03. The van der Waals surface area contributed by atoms with Gasteiger partial charge in [-0.2, -0.15) is 0 Å². The van der Waals surface area contributed by atoms with E-state index in [2.05, 4.69) is 15.5 Å². The van der Waals surface area contributed by atoms with Crippen molar-refractivity contribution < 1.29 is 9.53 Å². The Bertz CT molecular complexity index is 510. The van der Waals surface area contributed by atoms with E-state index in [1.165, 1.54) is 12.8 Å². The Morgan fingerprint density at radius 2 is 2.32 bits per heavy atom. The lowest BCUT2D eigenvalue weighted by Gasteiger charge is -2.32. The lowest BCUT2D eigenvalue weighted by atomic mass is 10.1. The van der Waals surface area contributed by atoms with Crippen LogP contribution in [0.4, 0.5) is 5.69 Å². The summed E-state index contributed by atoms with van der Waals surface area (Å²) in [6.45, 7) is 2.84. The van der Waals surface area contributed by atoms with Crippen LogP contribution in [0.2, 0.25) is 5.02 Å². The Hall–Kier alpha value is -1.30. The van der Waals surface area contributed by atoms with Crippen LogP contribution < -0.4 is 15.4 Å². The number of nitrogens with one attached hydrogen (secondary N) is 2. The van der Waals surface area contributed by atoms with Gasteiger partial charge in [-0.1, -0.05) is 11.6 Å². The maximum absolute atomic E-state index is 12.1. The number of halogens is 1. The zero-order valence-corrected chi connectivity index (χ0v) is 13.9. The minimum absolute atomic E-state index is 0.0212. The Kier molecular flexibility index (Phi) is 6.49. The summed E-state index contributed by atoms with van der Waals surface area (Å²) in [6, 6.07) is 5.72. The number of amides is 1. The van der Waals surface area contributed by atoms with Crippen molar-refractivity contribution in [3.8, 4) is 5.75 Å². The predicted molar refractivity (Wildman–Crippen MR) is 89.8 cm³/mol. The van der Waals surface area contributed by atoms with E-state index >= 15 is 0 Å². The molecule has 122 valence electrons. The van der Waals surface area contributed by atoms with Crippen molar-refractivity contribution in [2.24, 2.45) is 0 Å². The third-order valence-corrected chi connectivity index (χ3v) is 4.24. The number of rotatable bonds is 6. The molecular formula is C16H24ClN3O2. The van der Waals surface area contributed by atoms with Gasteiger partial charge in [0, 0.05) is 30.6 Å². The van der Waals surface area contributed by atoms with Gasteiger partial charge in [0.2, 0.25) is 5.91 Å². The van der Waals surface area contributed by atoms with Crippen molar-refractivity contribution in [2.45, 2.75) is 25.3 Å². The number of anilines is 1. The van der Waals surface area contributed by atoms with Crippen LogP contribution in [0.5, 0.6) is 5.75 Å². The standard InChI is InChI=1S/C16H24ClN3O2/c1-18-13-4-3-8-20(11-13)9-7-16(21)19-14-10-12(17)5-6-15(14)22-2/h5-6,10,13,18H,3-4,7-9,11H2,1-2H3,(H,19,21). The first-order chi connectivity index (χ1) is 10.6. The number of hydrogen-bond donors (Lipinski definition) is 2. The van der Waals surface area contributed by atoms with E-state index in [-0.39, 0.29) is 5.91 Å². The number of likely N-dealkylation sites (tertiary alicyclic amines) is 1. The lowest BCUT2D eigenvalue weighted by molar-refractivity contribution is -0.116. The van der Waals surface area contributed by atoms with Crippen molar-refractivity contribution >= 4 is 23.2 Å². The normalized spacial score (nSPS) is 19.0. The highest BCUT2D eigenvalue weighted by Crippen LogP contribution is 2.27. The van der Waals surface area contributed by atoms with E-state index in [0.29, 0.717) is 28.9 Å². The Balaban J connectivity index is 1.84. The summed E-state index contributed by atoms with van der Waals surface area (Å²) in [6.07, 6.45) is 2.85. The molecule has 0 spiro atoms. The first kappa shape index (κ1) is 17.1. The van der Waals surface area contributed by atoms with Crippen molar-refractivity contribution in [3.63, 3.8) is 0 Å². The van der Waals surface area contributed by atoms with Crippen molar-refractivity contribution in [1.82, 2.24) is 10.2 Å². The van der Waals surface area contributed by atoms with Crippen LogP contribution in [0, 0.1) is 0 Å². The minimum atomic E-state index is -0.0212. The summed E-state index contributed by atoms with van der Waals surface area (Å²) < 4.78 is 5.23. The maximum atomic E-state index is 12.1. The summed E-state index contributed by atoms with van der Waals surface area (Å²) in [4.78, 5) is 14.5. The summed E-state index contributed by atoms with van der Waals surface area (Å²) in [5.41, 5.74) is 0.617. The highest BCUT2D eigenvalue weighted by Gasteiger charge is 2.19. The third kappa shape index (κ3) is 4.87. The molecule has 1 heterocycles. The molecule has 0 aliphatic carbocycles. The van der Waals surface area contributed by atoms with E-state index in [1.807, 2.05) is 7.05 Å². The molecule has 1 aliphatic heterocycles. The zero-order chi connectivity index (χ0) is 15.9. The van der Waals surface area contributed by atoms with Crippen molar-refractivity contribution in [1.29, 1.82) is 0 Å². The fourth-order valence-electron chi connectivity index (χ4n) is 2.74. The number of methoxy groups -OCH3 is 1. The smallest absolute Gasteiger partial charge is 0.225 e. The minimum Gasteiger partial charge on any atom is -0.495 e. The van der Waals surface area contributed by atoms with Gasteiger partial charge >= 0.3 is 0 Å². The lowest BCUT2D eigenvalue weighted by Crippen LogP contribution is -2.45. The van der Waals surface area contributed by atoms with E-state index in [0.717, 1.165) is 19.6 Å². The van der Waals surface area contributed by atoms with E-state index in [1.54, 1.807) is 25.3 Å². The molecule has 6 heteroatoms. The summed E-state index contributed by atoms with van der Waals surface area (Å²) >= 11 is 5.97. The SMILES string of the molecule is CNC1CCCN(CCC(=O)Nc2cc(Cl)ccc2OC)C1. The molecule has 0 aromatic heterocycles. The Morgan fingerprint density at radius 1 is 1.50 bits per heavy atom. The summed E-state index contributed by atoms with van der Waals surface area (Å²) in [7, 11) is 3.57. The van der Waals surface area contributed by atoms with Gasteiger partial charge in [0.25, 0.3) is 0 Å². The topological polar surface area (TPSA) is 53.6 Å². The van der Waals surface area contributed by atoms with Gasteiger partial charge in [-0.05, 0) is 44.6 Å². The number of likely N-dealkylation sites (N-methyl/N-ethyl adjacent to an activating group) is 1. The number of ether oxygens (including phenoxy) is 1. The van der Waals surface area contributed by atoms with E-state index < -0.39 is 0 Å². The van der Waals surface area contributed by atoms with Gasteiger partial charge in [0.05, 0.1) is 12.8 Å². The predicted octanol–water partition coefficient (Wildman–Crippen LogP) is 2.36. The van der Waals surface area contributed by atoms with Crippen LogP contribution in [0.1, 0.15) is 19.3 Å². The molecule has 2 rings (SSSR count). The summed E-state index contributed by atoms with van der Waals surface area (Å²) in [5, 5.41) is 6.76. The molecule has 1 aromatic carbocycles. The molecule has 5 nitrogen and oxygen atoms in total. The Labute approximate surface area is 137 Å². The van der Waals surface area contributed by atoms with Gasteiger partial charge in [-0.25, -0.2) is 0 Å². The molecule has 1 aliphatic rings. The van der Waals surface area contributed by atoms with Crippen LogP contribution in [0.3, 0.4) is 0 Å². The number of carbonyl (C=O) groups excluding carboxylic acids is 1. The number of benzene rings is 1. The van der Waals surface area contributed by atoms with Crippen molar-refractivity contribution in [3.05, 3.63) is 23.2 Å². The van der Waals surface area contributed by atoms with Gasteiger partial charge in [-0.15, -0.1) is 0 Å². The maximum Gasteiger partial charge on any atom is 0.225 e. The second kappa shape index (κ2) is 8.36. The van der Waals surface area contributed by atoms with Crippen molar-refractivity contribution in [2.75, 3.05) is 39.1 Å². The number of nitrogens with zero attached hydrogens (tertiary/aromatic N) is 1. The average Bonchev–Trinajstić information content (AvgIpc) is 2.53. The molecule has 1 fully saturated rings. The van der Waals surface area contributed by atoms with Crippen LogP contribution >= 0.6 is 11.6 Å². The fraction of sp³-hybridized carbons (Fsp3) is 0.562. The monoisotopic (exact) mass is 325 g/mol. The fourth-order valence-corrected chi connectivity index (χ4v) is 2.92. The Morgan fingerprint density at radius 3 is 3.05 bits per heavy atom. The van der Waals surface area contributed by atoms with E-state index in [9.17, 15) is 4.79 Å². The molecule has 1 atom stereocenters. The molecule has 22 heavy (non-hydrogen) atoms. The average molecular weight is 326 g/mol. The second-order valence-electron chi connectivity index (χ2n) is 5.57. The largest absolute Gasteiger partial charge is 0.495 e. The van der Waals surface area contributed by atoms with E-state index in [4.69, 9.17) is 16.3 Å². The number of piperidine rings is 1. The molecule has 0 saturated carbocycles. The molecule has 1 amide bonds. The number of carbonyl (C=O) groups is 1. The first-order valence-electron chi connectivity index (χ1n) is 7.65. The molecule has 2 N–H and O–H groups in total. The molecular weight excluding hydrogens is 302 g/mol.